The highest BCUT2D eigenvalue weighted by molar-refractivity contribution is 6.05. The molecule has 1 amide bonds. The van der Waals surface area contributed by atoms with Crippen molar-refractivity contribution in [2.75, 3.05) is 11.1 Å². The Kier molecular flexibility index (Phi) is 3.69. The Hall–Kier alpha value is -2.44. The molecule has 0 radical (unpaired) electrons. The van der Waals surface area contributed by atoms with E-state index in [1.807, 2.05) is 13.8 Å². The van der Waals surface area contributed by atoms with Gasteiger partial charge in [-0.15, -0.1) is 0 Å². The summed E-state index contributed by atoms with van der Waals surface area (Å²) in [6.45, 7) is 3.83. The second-order valence-electron chi connectivity index (χ2n) is 4.58. The second kappa shape index (κ2) is 5.28. The van der Waals surface area contributed by atoms with E-state index in [1.54, 1.807) is 10.9 Å². The zero-order valence-electron chi connectivity index (χ0n) is 11.0. The summed E-state index contributed by atoms with van der Waals surface area (Å²) in [6.07, 6.45) is 2.98. The van der Waals surface area contributed by atoms with Gasteiger partial charge in [0.15, 0.2) is 5.82 Å². The van der Waals surface area contributed by atoms with Crippen molar-refractivity contribution in [3.63, 3.8) is 0 Å². The molecule has 0 atom stereocenters. The fraction of sp³-hybridized carbons (Fsp3) is 0.231. The largest absolute Gasteiger partial charge is 0.396 e. The fourth-order valence-corrected chi connectivity index (χ4v) is 1.66. The van der Waals surface area contributed by atoms with Gasteiger partial charge >= 0.3 is 0 Å². The van der Waals surface area contributed by atoms with Crippen LogP contribution in [0.2, 0.25) is 0 Å². The molecule has 0 saturated heterocycles. The van der Waals surface area contributed by atoms with Crippen LogP contribution in [0.25, 0.3) is 0 Å². The first-order chi connectivity index (χ1) is 9.40. The van der Waals surface area contributed by atoms with Gasteiger partial charge in [-0.1, -0.05) is 0 Å². The van der Waals surface area contributed by atoms with Crippen molar-refractivity contribution < 1.29 is 13.6 Å². The average Bonchev–Trinajstić information content (AvgIpc) is 2.83. The van der Waals surface area contributed by atoms with Crippen LogP contribution in [0.15, 0.2) is 24.5 Å². The number of nitrogens with two attached hydrogens (primary N) is 1. The van der Waals surface area contributed by atoms with Crippen LogP contribution >= 0.6 is 0 Å². The molecule has 0 unspecified atom stereocenters. The Bertz CT molecular complexity index is 652. The number of amides is 1. The third kappa shape index (κ3) is 2.61. The maximum absolute atomic E-state index is 13.7. The SMILES string of the molecule is CC(C)n1cc(NC(=O)c2c(F)ccc(N)c2F)cn1. The van der Waals surface area contributed by atoms with Crippen LogP contribution in [0.3, 0.4) is 0 Å². The number of nitrogens with one attached hydrogen (secondary N) is 1. The van der Waals surface area contributed by atoms with E-state index >= 15 is 0 Å². The van der Waals surface area contributed by atoms with Crippen LogP contribution in [-0.4, -0.2) is 15.7 Å². The van der Waals surface area contributed by atoms with Crippen molar-refractivity contribution in [1.82, 2.24) is 9.78 Å². The number of nitrogens with zero attached hydrogens (tertiary/aromatic N) is 2. The van der Waals surface area contributed by atoms with Crippen LogP contribution < -0.4 is 11.1 Å². The first-order valence-electron chi connectivity index (χ1n) is 5.99. The molecule has 1 aromatic carbocycles. The minimum absolute atomic E-state index is 0.112. The predicted octanol–water partition coefficient (Wildman–Crippen LogP) is 2.58. The van der Waals surface area contributed by atoms with Gasteiger partial charge in [0.1, 0.15) is 11.4 Å². The van der Waals surface area contributed by atoms with Gasteiger partial charge in [0.05, 0.1) is 17.6 Å². The molecule has 7 heteroatoms. The van der Waals surface area contributed by atoms with Gasteiger partial charge in [-0.3, -0.25) is 9.48 Å². The summed E-state index contributed by atoms with van der Waals surface area (Å²) < 4.78 is 28.9. The van der Waals surface area contributed by atoms with Gasteiger partial charge in [-0.05, 0) is 26.0 Å². The van der Waals surface area contributed by atoms with Gasteiger partial charge in [0.2, 0.25) is 0 Å². The number of hydrogen-bond donors (Lipinski definition) is 2. The van der Waals surface area contributed by atoms with Gasteiger partial charge in [-0.25, -0.2) is 8.78 Å². The zero-order valence-corrected chi connectivity index (χ0v) is 11.0. The third-order valence-electron chi connectivity index (χ3n) is 2.74. The number of carbonyl (C=O) groups is 1. The Balaban J connectivity index is 2.26. The van der Waals surface area contributed by atoms with Crippen LogP contribution in [0.1, 0.15) is 30.2 Å². The Morgan fingerprint density at radius 3 is 2.70 bits per heavy atom. The standard InChI is InChI=1S/C13H14F2N4O/c1-7(2)19-6-8(5-17-19)18-13(20)11-9(14)3-4-10(16)12(11)15/h3-7H,16H2,1-2H3,(H,18,20). The molecule has 0 bridgehead atoms. The summed E-state index contributed by atoms with van der Waals surface area (Å²) in [5.74, 6) is -2.94. The van der Waals surface area contributed by atoms with Gasteiger partial charge in [0, 0.05) is 12.2 Å². The molecule has 3 N–H and O–H groups in total. The molecule has 5 nitrogen and oxygen atoms in total. The third-order valence-corrected chi connectivity index (χ3v) is 2.74. The summed E-state index contributed by atoms with van der Waals surface area (Å²) in [7, 11) is 0. The van der Waals surface area contributed by atoms with E-state index in [0.29, 0.717) is 5.69 Å². The molecule has 0 aliphatic carbocycles. The lowest BCUT2D eigenvalue weighted by Gasteiger charge is -2.07. The lowest BCUT2D eigenvalue weighted by Crippen LogP contribution is -2.16. The summed E-state index contributed by atoms with van der Waals surface area (Å²) in [6, 6.07) is 2.13. The zero-order chi connectivity index (χ0) is 14.9. The smallest absolute Gasteiger partial charge is 0.261 e. The number of rotatable bonds is 3. The number of carbonyl (C=O) groups excluding carboxylic acids is 1. The van der Waals surface area contributed by atoms with Crippen molar-refractivity contribution in [2.24, 2.45) is 0 Å². The van der Waals surface area contributed by atoms with Crippen molar-refractivity contribution in [1.29, 1.82) is 0 Å². The minimum Gasteiger partial charge on any atom is -0.396 e. The van der Waals surface area contributed by atoms with E-state index < -0.39 is 23.1 Å². The molecule has 2 aromatic rings. The highest BCUT2D eigenvalue weighted by Crippen LogP contribution is 2.20. The number of nitrogen functional groups attached to an aromatic ring is 1. The molecule has 0 fully saturated rings. The maximum Gasteiger partial charge on any atom is 0.261 e. The molecule has 0 aliphatic heterocycles. The topological polar surface area (TPSA) is 72.9 Å². The average molecular weight is 280 g/mol. The first kappa shape index (κ1) is 14.0. The molecule has 106 valence electrons. The molecular formula is C13H14F2N4O. The molecule has 1 aromatic heterocycles. The lowest BCUT2D eigenvalue weighted by atomic mass is 10.1. The number of halogens is 2. The quantitative estimate of drug-likeness (QED) is 0.849. The van der Waals surface area contributed by atoms with Gasteiger partial charge < -0.3 is 11.1 Å². The van der Waals surface area contributed by atoms with Crippen molar-refractivity contribution >= 4 is 17.3 Å². The van der Waals surface area contributed by atoms with Gasteiger partial charge in [-0.2, -0.15) is 5.10 Å². The van der Waals surface area contributed by atoms with Gasteiger partial charge in [0.25, 0.3) is 5.91 Å². The second-order valence-corrected chi connectivity index (χ2v) is 4.58. The monoisotopic (exact) mass is 280 g/mol. The molecule has 0 aliphatic rings. The van der Waals surface area contributed by atoms with Crippen molar-refractivity contribution in [3.05, 3.63) is 41.7 Å². The lowest BCUT2D eigenvalue weighted by molar-refractivity contribution is 0.101. The highest BCUT2D eigenvalue weighted by atomic mass is 19.1. The first-order valence-corrected chi connectivity index (χ1v) is 5.99. The number of anilines is 2. The Morgan fingerprint density at radius 2 is 2.10 bits per heavy atom. The van der Waals surface area contributed by atoms with E-state index in [1.165, 1.54) is 6.20 Å². The number of aromatic nitrogens is 2. The summed E-state index contributed by atoms with van der Waals surface area (Å²) in [4.78, 5) is 11.9. The summed E-state index contributed by atoms with van der Waals surface area (Å²) >= 11 is 0. The highest BCUT2D eigenvalue weighted by Gasteiger charge is 2.20. The van der Waals surface area contributed by atoms with Crippen LogP contribution in [0.4, 0.5) is 20.2 Å². The van der Waals surface area contributed by atoms with Crippen molar-refractivity contribution in [2.45, 2.75) is 19.9 Å². The van der Waals surface area contributed by atoms with E-state index in [4.69, 9.17) is 5.73 Å². The molecule has 0 spiro atoms. The minimum atomic E-state index is -1.07. The number of hydrogen-bond acceptors (Lipinski definition) is 3. The van der Waals surface area contributed by atoms with E-state index in [-0.39, 0.29) is 11.7 Å². The predicted molar refractivity (Wildman–Crippen MR) is 71.3 cm³/mol. The summed E-state index contributed by atoms with van der Waals surface area (Å²) in [5, 5.41) is 6.40. The van der Waals surface area contributed by atoms with Crippen molar-refractivity contribution in [3.8, 4) is 0 Å². The van der Waals surface area contributed by atoms with E-state index in [0.717, 1.165) is 12.1 Å². The van der Waals surface area contributed by atoms with Crippen LogP contribution in [-0.2, 0) is 0 Å². The maximum atomic E-state index is 13.7. The molecular weight excluding hydrogens is 266 g/mol. The van der Waals surface area contributed by atoms with Crippen LogP contribution in [0, 0.1) is 11.6 Å². The molecule has 0 saturated carbocycles. The van der Waals surface area contributed by atoms with E-state index in [2.05, 4.69) is 10.4 Å². The Labute approximate surface area is 114 Å². The number of benzene rings is 1. The van der Waals surface area contributed by atoms with Crippen LogP contribution in [0.5, 0.6) is 0 Å². The molecule has 20 heavy (non-hydrogen) atoms. The summed E-state index contributed by atoms with van der Waals surface area (Å²) in [5.41, 5.74) is 4.69. The fourth-order valence-electron chi connectivity index (χ4n) is 1.66. The molecule has 1 heterocycles. The Morgan fingerprint density at radius 1 is 1.40 bits per heavy atom. The van der Waals surface area contributed by atoms with E-state index in [9.17, 15) is 13.6 Å². The normalized spacial score (nSPS) is 10.8. The molecule has 2 rings (SSSR count).